The van der Waals surface area contributed by atoms with Gasteiger partial charge < -0.3 is 10.1 Å². The number of likely N-dealkylation sites (N-methyl/N-ethyl adjacent to an activating group) is 1. The molecule has 0 aliphatic rings. The average Bonchev–Trinajstić information content (AvgIpc) is 2.91. The highest BCUT2D eigenvalue weighted by molar-refractivity contribution is 9.10. The predicted octanol–water partition coefficient (Wildman–Crippen LogP) is 2.08. The van der Waals surface area contributed by atoms with Crippen LogP contribution in [0.25, 0.3) is 0 Å². The average molecular weight is 311 g/mol. The van der Waals surface area contributed by atoms with Crippen LogP contribution in [0.4, 0.5) is 0 Å². The molecule has 96 valence electrons. The molecule has 2 rings (SSSR count). The van der Waals surface area contributed by atoms with Gasteiger partial charge in [-0.15, -0.1) is 0 Å². The minimum absolute atomic E-state index is 0.118. The van der Waals surface area contributed by atoms with Crippen LogP contribution in [-0.2, 0) is 6.42 Å². The molecule has 1 aromatic heterocycles. The second-order valence-corrected chi connectivity index (χ2v) is 4.75. The van der Waals surface area contributed by atoms with Gasteiger partial charge in [0, 0.05) is 4.47 Å². The molecule has 0 spiro atoms. The van der Waals surface area contributed by atoms with Gasteiger partial charge in [0.1, 0.15) is 5.75 Å². The molecule has 0 fully saturated rings. The molecule has 0 saturated heterocycles. The summed E-state index contributed by atoms with van der Waals surface area (Å²) in [6.45, 7) is 0. The number of hydrogen-bond donors (Lipinski definition) is 2. The topological polar surface area (TPSA) is 62.8 Å². The highest BCUT2D eigenvalue weighted by Gasteiger charge is 2.14. The maximum atomic E-state index is 5.24. The van der Waals surface area contributed by atoms with Crippen LogP contribution in [0.1, 0.15) is 17.3 Å². The van der Waals surface area contributed by atoms with Crippen LogP contribution in [0, 0.1) is 0 Å². The summed E-state index contributed by atoms with van der Waals surface area (Å²) in [5, 5.41) is 13.8. The minimum Gasteiger partial charge on any atom is -0.497 e. The molecule has 0 aliphatic heterocycles. The first-order chi connectivity index (χ1) is 8.74. The molecule has 2 N–H and O–H groups in total. The van der Waals surface area contributed by atoms with Gasteiger partial charge in [0.15, 0.2) is 0 Å². The molecule has 1 aromatic carbocycles. The molecule has 0 bridgehead atoms. The quantitative estimate of drug-likeness (QED) is 0.887. The Morgan fingerprint density at radius 1 is 1.50 bits per heavy atom. The van der Waals surface area contributed by atoms with E-state index in [9.17, 15) is 0 Å². The monoisotopic (exact) mass is 310 g/mol. The number of hydrogen-bond acceptors (Lipinski definition) is 4. The normalized spacial score (nSPS) is 12.4. The summed E-state index contributed by atoms with van der Waals surface area (Å²) in [6.07, 6.45) is 2.54. The second-order valence-electron chi connectivity index (χ2n) is 3.90. The van der Waals surface area contributed by atoms with Crippen molar-refractivity contribution >= 4 is 15.9 Å². The zero-order chi connectivity index (χ0) is 13.0. The summed E-state index contributed by atoms with van der Waals surface area (Å²) >= 11 is 3.55. The van der Waals surface area contributed by atoms with Gasteiger partial charge >= 0.3 is 0 Å². The zero-order valence-corrected chi connectivity index (χ0v) is 11.9. The largest absolute Gasteiger partial charge is 0.497 e. The lowest BCUT2D eigenvalue weighted by atomic mass is 10.0. The van der Waals surface area contributed by atoms with E-state index in [1.165, 1.54) is 0 Å². The molecule has 0 radical (unpaired) electrons. The molecule has 2 aromatic rings. The second kappa shape index (κ2) is 5.97. The smallest absolute Gasteiger partial charge is 0.119 e. The van der Waals surface area contributed by atoms with Gasteiger partial charge in [0.25, 0.3) is 0 Å². The Morgan fingerprint density at radius 2 is 2.33 bits per heavy atom. The van der Waals surface area contributed by atoms with E-state index in [0.29, 0.717) is 0 Å². The molecule has 0 amide bonds. The van der Waals surface area contributed by atoms with Crippen LogP contribution < -0.4 is 10.1 Å². The van der Waals surface area contributed by atoms with Gasteiger partial charge in [0.05, 0.1) is 25.0 Å². The van der Waals surface area contributed by atoms with Gasteiger partial charge in [-0.2, -0.15) is 15.4 Å². The van der Waals surface area contributed by atoms with E-state index in [0.717, 1.165) is 27.9 Å². The molecule has 0 aliphatic carbocycles. The van der Waals surface area contributed by atoms with Crippen LogP contribution in [0.15, 0.2) is 28.9 Å². The van der Waals surface area contributed by atoms with Crippen LogP contribution in [-0.4, -0.2) is 29.6 Å². The summed E-state index contributed by atoms with van der Waals surface area (Å²) in [4.78, 5) is 0. The maximum absolute atomic E-state index is 5.24. The highest BCUT2D eigenvalue weighted by Crippen LogP contribution is 2.26. The molecule has 0 saturated carbocycles. The Labute approximate surface area is 114 Å². The van der Waals surface area contributed by atoms with Crippen molar-refractivity contribution in [2.45, 2.75) is 12.5 Å². The fourth-order valence-electron chi connectivity index (χ4n) is 1.79. The Balaban J connectivity index is 2.21. The standard InChI is InChI=1S/C12H15BrN4O/c1-14-11(12-7-15-17-16-12)6-8-5-9(18-2)3-4-10(8)13/h3-5,7,11,14H,6H2,1-2H3,(H,15,16,17). The van der Waals surface area contributed by atoms with E-state index in [1.54, 1.807) is 13.3 Å². The molecule has 1 unspecified atom stereocenters. The first kappa shape index (κ1) is 13.0. The van der Waals surface area contributed by atoms with Crippen molar-refractivity contribution in [1.29, 1.82) is 0 Å². The highest BCUT2D eigenvalue weighted by atomic mass is 79.9. The number of aromatic nitrogens is 3. The molecule has 1 atom stereocenters. The summed E-state index contributed by atoms with van der Waals surface area (Å²) in [6, 6.07) is 6.06. The number of benzene rings is 1. The fraction of sp³-hybridized carbons (Fsp3) is 0.333. The Hall–Kier alpha value is -1.40. The third kappa shape index (κ3) is 2.88. The first-order valence-electron chi connectivity index (χ1n) is 5.60. The van der Waals surface area contributed by atoms with Gasteiger partial charge in [0.2, 0.25) is 0 Å². The van der Waals surface area contributed by atoms with Gasteiger partial charge in [-0.3, -0.25) is 0 Å². The number of aromatic amines is 1. The van der Waals surface area contributed by atoms with E-state index in [4.69, 9.17) is 4.74 Å². The number of methoxy groups -OCH3 is 1. The van der Waals surface area contributed by atoms with Crippen LogP contribution in [0.5, 0.6) is 5.75 Å². The number of nitrogens with zero attached hydrogens (tertiary/aromatic N) is 2. The summed E-state index contributed by atoms with van der Waals surface area (Å²) in [5.74, 6) is 0.850. The Bertz CT molecular complexity index is 501. The predicted molar refractivity (Wildman–Crippen MR) is 72.6 cm³/mol. The van der Waals surface area contributed by atoms with Gasteiger partial charge in [-0.25, -0.2) is 0 Å². The van der Waals surface area contributed by atoms with E-state index >= 15 is 0 Å². The van der Waals surface area contributed by atoms with Crippen molar-refractivity contribution < 1.29 is 4.74 Å². The van der Waals surface area contributed by atoms with E-state index in [1.807, 2.05) is 25.2 Å². The number of halogens is 1. The summed E-state index contributed by atoms with van der Waals surface area (Å²) < 4.78 is 6.30. The van der Waals surface area contributed by atoms with Crippen LogP contribution in [0.3, 0.4) is 0 Å². The first-order valence-corrected chi connectivity index (χ1v) is 6.39. The number of ether oxygens (including phenoxy) is 1. The van der Waals surface area contributed by atoms with Crippen molar-refractivity contribution in [3.8, 4) is 5.75 Å². The maximum Gasteiger partial charge on any atom is 0.119 e. The lowest BCUT2D eigenvalue weighted by Crippen LogP contribution is -2.19. The van der Waals surface area contributed by atoms with E-state index < -0.39 is 0 Å². The summed E-state index contributed by atoms with van der Waals surface area (Å²) in [5.41, 5.74) is 2.06. The van der Waals surface area contributed by atoms with Crippen LogP contribution in [0.2, 0.25) is 0 Å². The van der Waals surface area contributed by atoms with Crippen molar-refractivity contribution in [3.63, 3.8) is 0 Å². The van der Waals surface area contributed by atoms with Crippen molar-refractivity contribution in [2.75, 3.05) is 14.2 Å². The molecule has 5 nitrogen and oxygen atoms in total. The lowest BCUT2D eigenvalue weighted by molar-refractivity contribution is 0.413. The van der Waals surface area contributed by atoms with Crippen molar-refractivity contribution in [3.05, 3.63) is 40.1 Å². The molecule has 6 heteroatoms. The third-order valence-electron chi connectivity index (χ3n) is 2.82. The van der Waals surface area contributed by atoms with Crippen LogP contribution >= 0.6 is 15.9 Å². The zero-order valence-electron chi connectivity index (χ0n) is 10.3. The van der Waals surface area contributed by atoms with Gasteiger partial charge in [-0.1, -0.05) is 15.9 Å². The van der Waals surface area contributed by atoms with Crippen molar-refractivity contribution in [1.82, 2.24) is 20.7 Å². The third-order valence-corrected chi connectivity index (χ3v) is 3.59. The fourth-order valence-corrected chi connectivity index (χ4v) is 2.20. The Kier molecular flexibility index (Phi) is 4.33. The molecular weight excluding hydrogens is 296 g/mol. The Morgan fingerprint density at radius 3 is 2.94 bits per heavy atom. The van der Waals surface area contributed by atoms with E-state index in [2.05, 4.69) is 36.7 Å². The minimum atomic E-state index is 0.118. The number of nitrogens with one attached hydrogen (secondary N) is 2. The van der Waals surface area contributed by atoms with E-state index in [-0.39, 0.29) is 6.04 Å². The van der Waals surface area contributed by atoms with Crippen molar-refractivity contribution in [2.24, 2.45) is 0 Å². The van der Waals surface area contributed by atoms with Gasteiger partial charge in [-0.05, 0) is 37.2 Å². The summed E-state index contributed by atoms with van der Waals surface area (Å²) in [7, 11) is 3.58. The molecular formula is C12H15BrN4O. The number of rotatable bonds is 5. The molecule has 1 heterocycles. The SMILES string of the molecule is CNC(Cc1cc(OC)ccc1Br)c1cn[nH]n1. The lowest BCUT2D eigenvalue weighted by Gasteiger charge is -2.15. The molecule has 18 heavy (non-hydrogen) atoms. The number of H-pyrrole nitrogens is 1.